The van der Waals surface area contributed by atoms with Crippen LogP contribution in [-0.4, -0.2) is 15.5 Å². The highest BCUT2D eigenvalue weighted by atomic mass is 16.2. The number of amides is 1. The quantitative estimate of drug-likeness (QED) is 0.699. The Morgan fingerprint density at radius 2 is 2.00 bits per heavy atom. The molecule has 1 rings (SSSR count). The molecule has 0 atom stereocenters. The first-order valence-electron chi connectivity index (χ1n) is 4.36. The molecular weight excluding hydrogens is 182 g/mol. The Hall–Kier alpha value is -1.65. The highest BCUT2D eigenvalue weighted by molar-refractivity contribution is 5.91. The molecule has 1 aromatic heterocycles. The van der Waals surface area contributed by atoms with Crippen molar-refractivity contribution in [2.75, 3.05) is 0 Å². The van der Waals surface area contributed by atoms with Gasteiger partial charge in [-0.15, -0.1) is 0 Å². The third kappa shape index (κ3) is 2.42. The van der Waals surface area contributed by atoms with Gasteiger partial charge in [-0.1, -0.05) is 13.8 Å². The van der Waals surface area contributed by atoms with Crippen LogP contribution in [0.5, 0.6) is 0 Å². The largest absolute Gasteiger partial charge is 0.365 e. The molecule has 0 aliphatic carbocycles. The van der Waals surface area contributed by atoms with E-state index in [1.54, 1.807) is 6.92 Å². The lowest BCUT2D eigenvalue weighted by molar-refractivity contribution is 0.0998. The van der Waals surface area contributed by atoms with Crippen molar-refractivity contribution < 1.29 is 4.79 Å². The van der Waals surface area contributed by atoms with E-state index in [4.69, 9.17) is 5.73 Å². The molecule has 0 unspecified atom stereocenters. The van der Waals surface area contributed by atoms with E-state index < -0.39 is 11.5 Å². The van der Waals surface area contributed by atoms with Crippen molar-refractivity contribution in [3.05, 3.63) is 27.9 Å². The van der Waals surface area contributed by atoms with E-state index in [1.165, 1.54) is 17.8 Å². The van der Waals surface area contributed by atoms with Crippen LogP contribution in [0.4, 0.5) is 0 Å². The molecule has 5 nitrogen and oxygen atoms in total. The summed E-state index contributed by atoms with van der Waals surface area (Å²) in [5.74, 6) is -0.201. The van der Waals surface area contributed by atoms with Gasteiger partial charge in [0.1, 0.15) is 11.4 Å². The highest BCUT2D eigenvalue weighted by Crippen LogP contribution is 1.89. The smallest absolute Gasteiger partial charge is 0.266 e. The van der Waals surface area contributed by atoms with Gasteiger partial charge in [0.25, 0.3) is 11.5 Å². The fourth-order valence-electron chi connectivity index (χ4n) is 0.796. The van der Waals surface area contributed by atoms with Gasteiger partial charge in [-0.3, -0.25) is 14.2 Å². The van der Waals surface area contributed by atoms with Gasteiger partial charge in [-0.2, -0.15) is 0 Å². The molecule has 1 aromatic rings. The minimum atomic E-state index is -0.747. The third-order valence-corrected chi connectivity index (χ3v) is 1.67. The van der Waals surface area contributed by atoms with E-state index in [1.807, 2.05) is 13.8 Å². The monoisotopic (exact) mass is 197 g/mol. The Kier molecular flexibility index (Phi) is 4.55. The zero-order valence-corrected chi connectivity index (χ0v) is 8.87. The second-order valence-corrected chi connectivity index (χ2v) is 2.45. The summed E-state index contributed by atoms with van der Waals surface area (Å²) in [6.45, 7) is 5.67. The number of nitrogens with two attached hydrogens (primary N) is 1. The standard InChI is InChI=1S/C7H9N3O2.C2H6/c1-4-9-3-5(6(8)11)7(12)10(4)2;1-2/h3H,1-2H3,(H2,8,11);1-2H3. The van der Waals surface area contributed by atoms with Gasteiger partial charge >= 0.3 is 0 Å². The summed E-state index contributed by atoms with van der Waals surface area (Å²) in [5.41, 5.74) is 4.45. The van der Waals surface area contributed by atoms with Crippen LogP contribution in [0.15, 0.2) is 11.0 Å². The first-order valence-corrected chi connectivity index (χ1v) is 4.36. The van der Waals surface area contributed by atoms with Gasteiger partial charge < -0.3 is 5.73 Å². The van der Waals surface area contributed by atoms with E-state index in [0.29, 0.717) is 5.82 Å². The average Bonchev–Trinajstić information content (AvgIpc) is 2.17. The number of rotatable bonds is 1. The number of carbonyl (C=O) groups excluding carboxylic acids is 1. The van der Waals surface area contributed by atoms with Gasteiger partial charge in [-0.25, -0.2) is 4.98 Å². The van der Waals surface area contributed by atoms with Crippen molar-refractivity contribution in [3.8, 4) is 0 Å². The van der Waals surface area contributed by atoms with Crippen molar-refractivity contribution in [1.29, 1.82) is 0 Å². The van der Waals surface area contributed by atoms with Crippen molar-refractivity contribution >= 4 is 5.91 Å². The Balaban J connectivity index is 0.000000791. The van der Waals surface area contributed by atoms with Gasteiger partial charge in [0.2, 0.25) is 0 Å². The normalized spacial score (nSPS) is 8.86. The van der Waals surface area contributed by atoms with Crippen LogP contribution in [0, 0.1) is 6.92 Å². The molecule has 78 valence electrons. The first kappa shape index (κ1) is 12.3. The molecule has 0 bridgehead atoms. The zero-order valence-electron chi connectivity index (χ0n) is 8.87. The highest BCUT2D eigenvalue weighted by Gasteiger charge is 2.08. The van der Waals surface area contributed by atoms with Crippen molar-refractivity contribution in [2.45, 2.75) is 20.8 Å². The zero-order chi connectivity index (χ0) is 11.3. The lowest BCUT2D eigenvalue weighted by Crippen LogP contribution is -2.29. The molecule has 1 amide bonds. The van der Waals surface area contributed by atoms with Crippen LogP contribution in [0.3, 0.4) is 0 Å². The SMILES string of the molecule is CC.Cc1ncc(C(N)=O)c(=O)n1C. The number of primary amides is 1. The van der Waals surface area contributed by atoms with Gasteiger partial charge in [-0.05, 0) is 6.92 Å². The molecule has 2 N–H and O–H groups in total. The van der Waals surface area contributed by atoms with E-state index in [2.05, 4.69) is 4.98 Å². The Labute approximate surface area is 82.6 Å². The van der Waals surface area contributed by atoms with Crippen LogP contribution < -0.4 is 11.3 Å². The maximum Gasteiger partial charge on any atom is 0.266 e. The molecule has 0 fully saturated rings. The third-order valence-electron chi connectivity index (χ3n) is 1.67. The fourth-order valence-corrected chi connectivity index (χ4v) is 0.796. The second-order valence-electron chi connectivity index (χ2n) is 2.45. The lowest BCUT2D eigenvalue weighted by atomic mass is 10.3. The van der Waals surface area contributed by atoms with Crippen LogP contribution in [-0.2, 0) is 7.05 Å². The summed E-state index contributed by atoms with van der Waals surface area (Å²) in [4.78, 5) is 25.7. The van der Waals surface area contributed by atoms with Crippen molar-refractivity contribution in [2.24, 2.45) is 12.8 Å². The predicted octanol–water partition coefficient (Wildman–Crippen LogP) is 0.214. The number of aromatic nitrogens is 2. The van der Waals surface area contributed by atoms with Crippen molar-refractivity contribution in [1.82, 2.24) is 9.55 Å². The summed E-state index contributed by atoms with van der Waals surface area (Å²) in [6, 6.07) is 0. The van der Waals surface area contributed by atoms with E-state index in [0.717, 1.165) is 0 Å². The Morgan fingerprint density at radius 3 is 2.43 bits per heavy atom. The fraction of sp³-hybridized carbons (Fsp3) is 0.444. The summed E-state index contributed by atoms with van der Waals surface area (Å²) >= 11 is 0. The maximum atomic E-state index is 11.3. The molecule has 0 aliphatic heterocycles. The summed E-state index contributed by atoms with van der Waals surface area (Å²) in [5, 5.41) is 0. The first-order chi connectivity index (χ1) is 6.54. The Morgan fingerprint density at radius 1 is 1.50 bits per heavy atom. The minimum Gasteiger partial charge on any atom is -0.365 e. The minimum absolute atomic E-state index is 0.0805. The Bertz CT molecular complexity index is 382. The van der Waals surface area contributed by atoms with Crippen LogP contribution >= 0.6 is 0 Å². The lowest BCUT2D eigenvalue weighted by Gasteiger charge is -2.02. The topological polar surface area (TPSA) is 78.0 Å². The number of hydrogen-bond acceptors (Lipinski definition) is 3. The molecule has 0 aliphatic rings. The number of hydrogen-bond donors (Lipinski definition) is 1. The average molecular weight is 197 g/mol. The van der Waals surface area contributed by atoms with Crippen LogP contribution in [0.2, 0.25) is 0 Å². The molecule has 0 saturated carbocycles. The molecular formula is C9H15N3O2. The summed E-state index contributed by atoms with van der Waals surface area (Å²) < 4.78 is 1.28. The molecule has 0 saturated heterocycles. The molecule has 14 heavy (non-hydrogen) atoms. The molecule has 5 heteroatoms. The van der Waals surface area contributed by atoms with Gasteiger partial charge in [0.15, 0.2) is 0 Å². The van der Waals surface area contributed by atoms with Crippen LogP contribution in [0.1, 0.15) is 30.0 Å². The van der Waals surface area contributed by atoms with Crippen LogP contribution in [0.25, 0.3) is 0 Å². The summed E-state index contributed by atoms with van der Waals surface area (Å²) in [6.07, 6.45) is 1.19. The predicted molar refractivity (Wildman–Crippen MR) is 54.1 cm³/mol. The summed E-state index contributed by atoms with van der Waals surface area (Å²) in [7, 11) is 1.54. The molecule has 0 spiro atoms. The van der Waals surface area contributed by atoms with Gasteiger partial charge in [0.05, 0.1) is 0 Å². The maximum absolute atomic E-state index is 11.3. The molecule has 0 radical (unpaired) electrons. The second kappa shape index (κ2) is 5.16. The van der Waals surface area contributed by atoms with Crippen molar-refractivity contribution in [3.63, 3.8) is 0 Å². The van der Waals surface area contributed by atoms with Gasteiger partial charge in [0, 0.05) is 13.2 Å². The van der Waals surface area contributed by atoms with E-state index >= 15 is 0 Å². The van der Waals surface area contributed by atoms with E-state index in [9.17, 15) is 9.59 Å². The number of nitrogens with zero attached hydrogens (tertiary/aromatic N) is 2. The number of carbonyl (C=O) groups is 1. The number of aryl methyl sites for hydroxylation is 1. The molecule has 0 aromatic carbocycles. The molecule has 1 heterocycles. The van der Waals surface area contributed by atoms with E-state index in [-0.39, 0.29) is 5.56 Å².